The number of benzene rings is 1. The van der Waals surface area contributed by atoms with Crippen molar-refractivity contribution in [2.24, 2.45) is 23.5 Å². The zero-order valence-electron chi connectivity index (χ0n) is 16.0. The fourth-order valence-electron chi connectivity index (χ4n) is 4.69. The number of nitrogens with two attached hydrogens (primary N) is 1. The minimum absolute atomic E-state index is 0.0702. The lowest BCUT2D eigenvalue weighted by Crippen LogP contribution is -2.50. The summed E-state index contributed by atoms with van der Waals surface area (Å²) in [6, 6.07) is 6.85. The molecular weight excluding hydrogens is 329 g/mol. The number of amides is 1. The lowest BCUT2D eigenvalue weighted by atomic mass is 9.65. The zero-order chi connectivity index (χ0) is 18.7. The van der Waals surface area contributed by atoms with Gasteiger partial charge in [-0.2, -0.15) is 0 Å². The molecule has 0 saturated heterocycles. The Balaban J connectivity index is 1.71. The van der Waals surface area contributed by atoms with Crippen molar-refractivity contribution in [3.05, 3.63) is 35.6 Å². The predicted molar refractivity (Wildman–Crippen MR) is 102 cm³/mol. The van der Waals surface area contributed by atoms with E-state index in [-0.39, 0.29) is 23.7 Å². The lowest BCUT2D eigenvalue weighted by Gasteiger charge is -2.44. The van der Waals surface area contributed by atoms with Crippen molar-refractivity contribution < 1.29 is 9.18 Å². The van der Waals surface area contributed by atoms with Crippen LogP contribution in [-0.2, 0) is 11.3 Å². The molecule has 5 heteroatoms. The van der Waals surface area contributed by atoms with Gasteiger partial charge in [-0.3, -0.25) is 4.79 Å². The standard InChI is InChI=1S/C21H32FN3O/c1-24(2)9-10-25(14-15-5-3-8-19(22)11-15)21(26)18-12-16-6-4-7-17(13-18)20(16)23/h3,5,8,11,16-18,20H,4,6-7,9-10,12-14,23H2,1-2H3. The predicted octanol–water partition coefficient (Wildman–Crippen LogP) is 2.87. The number of halogens is 1. The molecule has 1 aromatic rings. The number of hydrogen-bond donors (Lipinski definition) is 1. The molecule has 2 N–H and O–H groups in total. The van der Waals surface area contributed by atoms with Crippen LogP contribution < -0.4 is 5.73 Å². The Hall–Kier alpha value is -1.46. The monoisotopic (exact) mass is 361 g/mol. The van der Waals surface area contributed by atoms with Crippen LogP contribution in [0.4, 0.5) is 4.39 Å². The SMILES string of the molecule is CN(C)CCN(Cc1cccc(F)c1)C(=O)C1CC2CCCC(C1)C2N. The molecule has 2 saturated carbocycles. The average molecular weight is 362 g/mol. The minimum atomic E-state index is -0.249. The van der Waals surface area contributed by atoms with Crippen molar-refractivity contribution in [1.82, 2.24) is 9.80 Å². The first-order valence-electron chi connectivity index (χ1n) is 9.87. The fraction of sp³-hybridized carbons (Fsp3) is 0.667. The van der Waals surface area contributed by atoms with Crippen LogP contribution in [0.25, 0.3) is 0 Å². The number of hydrogen-bond acceptors (Lipinski definition) is 3. The van der Waals surface area contributed by atoms with E-state index in [0.29, 0.717) is 24.9 Å². The molecule has 2 atom stereocenters. The highest BCUT2D eigenvalue weighted by Crippen LogP contribution is 2.42. The molecule has 2 aliphatic carbocycles. The molecule has 0 aromatic heterocycles. The number of rotatable bonds is 6. The van der Waals surface area contributed by atoms with Crippen molar-refractivity contribution in [1.29, 1.82) is 0 Å². The average Bonchev–Trinajstić information content (AvgIpc) is 2.57. The number of carbonyl (C=O) groups excluding carboxylic acids is 1. The fourth-order valence-corrected chi connectivity index (χ4v) is 4.69. The van der Waals surface area contributed by atoms with E-state index in [4.69, 9.17) is 5.73 Å². The van der Waals surface area contributed by atoms with Crippen LogP contribution in [0, 0.1) is 23.6 Å². The molecule has 2 unspecified atom stereocenters. The van der Waals surface area contributed by atoms with E-state index in [1.807, 2.05) is 25.1 Å². The molecule has 2 aliphatic rings. The topological polar surface area (TPSA) is 49.6 Å². The van der Waals surface area contributed by atoms with Gasteiger partial charge in [-0.05, 0) is 69.3 Å². The second-order valence-corrected chi connectivity index (χ2v) is 8.39. The molecule has 1 aromatic carbocycles. The van der Waals surface area contributed by atoms with Crippen molar-refractivity contribution in [3.63, 3.8) is 0 Å². The summed E-state index contributed by atoms with van der Waals surface area (Å²) < 4.78 is 13.6. The minimum Gasteiger partial charge on any atom is -0.337 e. The van der Waals surface area contributed by atoms with Gasteiger partial charge in [0, 0.05) is 31.6 Å². The lowest BCUT2D eigenvalue weighted by molar-refractivity contribution is -0.139. The Morgan fingerprint density at radius 1 is 1.19 bits per heavy atom. The van der Waals surface area contributed by atoms with E-state index in [9.17, 15) is 9.18 Å². The highest BCUT2D eigenvalue weighted by Gasteiger charge is 2.41. The third-order valence-corrected chi connectivity index (χ3v) is 6.15. The zero-order valence-corrected chi connectivity index (χ0v) is 16.0. The van der Waals surface area contributed by atoms with Crippen molar-refractivity contribution in [3.8, 4) is 0 Å². The van der Waals surface area contributed by atoms with Crippen LogP contribution in [0.1, 0.15) is 37.7 Å². The van der Waals surface area contributed by atoms with Crippen LogP contribution in [0.15, 0.2) is 24.3 Å². The van der Waals surface area contributed by atoms with Crippen LogP contribution in [-0.4, -0.2) is 48.9 Å². The third kappa shape index (κ3) is 4.63. The first-order valence-corrected chi connectivity index (χ1v) is 9.87. The summed E-state index contributed by atoms with van der Waals surface area (Å²) in [5.74, 6) is 1.02. The molecule has 0 heterocycles. The summed E-state index contributed by atoms with van der Waals surface area (Å²) in [6.45, 7) is 1.95. The molecule has 0 aliphatic heterocycles. The first kappa shape index (κ1) is 19.3. The Labute approximate surface area is 156 Å². The van der Waals surface area contributed by atoms with E-state index in [1.165, 1.54) is 18.6 Å². The van der Waals surface area contributed by atoms with Crippen LogP contribution in [0.2, 0.25) is 0 Å². The second kappa shape index (κ2) is 8.49. The summed E-state index contributed by atoms with van der Waals surface area (Å²) in [7, 11) is 4.02. The van der Waals surface area contributed by atoms with Gasteiger partial charge >= 0.3 is 0 Å². The number of nitrogens with zero attached hydrogens (tertiary/aromatic N) is 2. The normalized spacial score (nSPS) is 28.2. The summed E-state index contributed by atoms with van der Waals surface area (Å²) in [5, 5.41) is 0. The Bertz CT molecular complexity index is 607. The van der Waals surface area contributed by atoms with Gasteiger partial charge in [-0.15, -0.1) is 0 Å². The summed E-state index contributed by atoms with van der Waals surface area (Å²) in [6.07, 6.45) is 5.39. The van der Waals surface area contributed by atoms with Gasteiger partial charge in [0.05, 0.1) is 0 Å². The molecule has 0 spiro atoms. The maximum absolute atomic E-state index is 13.6. The molecule has 144 valence electrons. The molecule has 2 bridgehead atoms. The number of carbonyl (C=O) groups is 1. The highest BCUT2D eigenvalue weighted by atomic mass is 19.1. The summed E-state index contributed by atoms with van der Waals surface area (Å²) in [4.78, 5) is 17.3. The van der Waals surface area contributed by atoms with Gasteiger partial charge in [0.25, 0.3) is 0 Å². The smallest absolute Gasteiger partial charge is 0.226 e. The van der Waals surface area contributed by atoms with Gasteiger partial charge in [-0.1, -0.05) is 18.6 Å². The van der Waals surface area contributed by atoms with Crippen molar-refractivity contribution in [2.75, 3.05) is 27.2 Å². The van der Waals surface area contributed by atoms with E-state index in [2.05, 4.69) is 4.90 Å². The molecule has 0 radical (unpaired) electrons. The summed E-state index contributed by atoms with van der Waals surface area (Å²) in [5.41, 5.74) is 7.24. The van der Waals surface area contributed by atoms with Gasteiger partial charge in [0.2, 0.25) is 5.91 Å². The van der Waals surface area contributed by atoms with Gasteiger partial charge in [0.1, 0.15) is 5.82 Å². The highest BCUT2D eigenvalue weighted by molar-refractivity contribution is 5.79. The molecule has 3 rings (SSSR count). The van der Waals surface area contributed by atoms with Crippen molar-refractivity contribution in [2.45, 2.75) is 44.7 Å². The van der Waals surface area contributed by atoms with E-state index in [0.717, 1.165) is 37.8 Å². The molecule has 2 fully saturated rings. The molecule has 4 nitrogen and oxygen atoms in total. The molecule has 1 amide bonds. The molecular formula is C21H32FN3O. The van der Waals surface area contributed by atoms with Gasteiger partial charge in [0.15, 0.2) is 0 Å². The summed E-state index contributed by atoms with van der Waals surface area (Å²) >= 11 is 0. The van der Waals surface area contributed by atoms with E-state index in [1.54, 1.807) is 6.07 Å². The van der Waals surface area contributed by atoms with Crippen LogP contribution in [0.3, 0.4) is 0 Å². The number of likely N-dealkylation sites (N-methyl/N-ethyl adjacent to an activating group) is 1. The quantitative estimate of drug-likeness (QED) is 0.848. The second-order valence-electron chi connectivity index (χ2n) is 8.39. The number of fused-ring (bicyclic) bond motifs is 2. The third-order valence-electron chi connectivity index (χ3n) is 6.15. The Morgan fingerprint density at radius 3 is 2.50 bits per heavy atom. The van der Waals surface area contributed by atoms with Crippen LogP contribution >= 0.6 is 0 Å². The molecule has 26 heavy (non-hydrogen) atoms. The van der Waals surface area contributed by atoms with E-state index < -0.39 is 0 Å². The maximum Gasteiger partial charge on any atom is 0.226 e. The maximum atomic E-state index is 13.6. The van der Waals surface area contributed by atoms with Gasteiger partial charge < -0.3 is 15.5 Å². The van der Waals surface area contributed by atoms with Crippen molar-refractivity contribution >= 4 is 5.91 Å². The van der Waals surface area contributed by atoms with E-state index >= 15 is 0 Å². The Kier molecular flexibility index (Phi) is 6.30. The first-order chi connectivity index (χ1) is 12.4. The van der Waals surface area contributed by atoms with Gasteiger partial charge in [-0.25, -0.2) is 4.39 Å². The Morgan fingerprint density at radius 2 is 1.88 bits per heavy atom. The van der Waals surface area contributed by atoms with Crippen LogP contribution in [0.5, 0.6) is 0 Å². The largest absolute Gasteiger partial charge is 0.337 e.